The average molecular weight is 374 g/mol. The van der Waals surface area contributed by atoms with Crippen LogP contribution >= 0.6 is 0 Å². The Morgan fingerprint density at radius 2 is 1.73 bits per heavy atom. The molecular weight excluding hydrogens is 352 g/mol. The van der Waals surface area contributed by atoms with E-state index in [1.165, 1.54) is 13.0 Å². The van der Waals surface area contributed by atoms with Gasteiger partial charge in [0.05, 0.1) is 11.9 Å². The third-order valence-electron chi connectivity index (χ3n) is 4.02. The second kappa shape index (κ2) is 7.70. The highest BCUT2D eigenvalue weighted by Gasteiger charge is 2.21. The lowest BCUT2D eigenvalue weighted by atomic mass is 10.1. The fourth-order valence-electron chi connectivity index (χ4n) is 2.43. The maximum atomic E-state index is 12.4. The topological polar surface area (TPSA) is 83.6 Å². The molecule has 0 aromatic heterocycles. The van der Waals surface area contributed by atoms with Crippen molar-refractivity contribution in [2.24, 2.45) is 0 Å². The summed E-state index contributed by atoms with van der Waals surface area (Å²) in [5, 5.41) is 2.71. The molecule has 0 aliphatic heterocycles. The van der Waals surface area contributed by atoms with E-state index < -0.39 is 15.9 Å². The van der Waals surface area contributed by atoms with Crippen LogP contribution in [-0.2, 0) is 14.8 Å². The van der Waals surface area contributed by atoms with Gasteiger partial charge in [0.25, 0.3) is 0 Å². The number of aryl methyl sites for hydroxylation is 2. The van der Waals surface area contributed by atoms with E-state index in [0.717, 1.165) is 21.7 Å². The second-order valence-corrected chi connectivity index (χ2v) is 8.13. The zero-order valence-corrected chi connectivity index (χ0v) is 16.1. The standard InChI is InChI=1S/C19H22N2O4S/c1-13-8-9-17(10-14(13)2)20-19(23)12-21(26(4,24)25)18-7-5-6-16(11-18)15(3)22/h5-11H,12H2,1-4H3,(H,20,23). The van der Waals surface area contributed by atoms with Crippen LogP contribution in [0.1, 0.15) is 28.4 Å². The molecule has 0 radical (unpaired) electrons. The maximum Gasteiger partial charge on any atom is 0.245 e. The summed E-state index contributed by atoms with van der Waals surface area (Å²) in [6.07, 6.45) is 1.02. The summed E-state index contributed by atoms with van der Waals surface area (Å²) >= 11 is 0. The van der Waals surface area contributed by atoms with E-state index >= 15 is 0 Å². The van der Waals surface area contributed by atoms with E-state index in [1.807, 2.05) is 26.0 Å². The molecule has 0 aliphatic rings. The van der Waals surface area contributed by atoms with E-state index in [2.05, 4.69) is 5.32 Å². The van der Waals surface area contributed by atoms with E-state index in [4.69, 9.17) is 0 Å². The maximum absolute atomic E-state index is 12.4. The molecule has 0 fully saturated rings. The number of hydrogen-bond acceptors (Lipinski definition) is 4. The van der Waals surface area contributed by atoms with Crippen molar-refractivity contribution in [2.45, 2.75) is 20.8 Å². The highest BCUT2D eigenvalue weighted by Crippen LogP contribution is 2.20. The summed E-state index contributed by atoms with van der Waals surface area (Å²) < 4.78 is 25.3. The first-order chi connectivity index (χ1) is 12.1. The molecule has 0 spiro atoms. The molecule has 0 saturated carbocycles. The van der Waals surface area contributed by atoms with Crippen molar-refractivity contribution < 1.29 is 18.0 Å². The van der Waals surface area contributed by atoms with Gasteiger partial charge >= 0.3 is 0 Å². The molecule has 6 nitrogen and oxygen atoms in total. The zero-order chi connectivity index (χ0) is 19.5. The summed E-state index contributed by atoms with van der Waals surface area (Å²) in [7, 11) is -3.70. The summed E-state index contributed by atoms with van der Waals surface area (Å²) in [4.78, 5) is 23.9. The third kappa shape index (κ3) is 4.92. The first-order valence-corrected chi connectivity index (χ1v) is 9.88. The Morgan fingerprint density at radius 3 is 2.31 bits per heavy atom. The minimum absolute atomic E-state index is 0.181. The second-order valence-electron chi connectivity index (χ2n) is 6.22. The number of ketones is 1. The molecular formula is C19H22N2O4S. The van der Waals surface area contributed by atoms with E-state index in [-0.39, 0.29) is 18.0 Å². The van der Waals surface area contributed by atoms with Gasteiger partial charge in [-0.05, 0) is 56.2 Å². The molecule has 1 amide bonds. The first kappa shape index (κ1) is 19.7. The quantitative estimate of drug-likeness (QED) is 0.788. The number of nitrogens with zero attached hydrogens (tertiary/aromatic N) is 1. The van der Waals surface area contributed by atoms with Crippen molar-refractivity contribution in [3.8, 4) is 0 Å². The molecule has 0 heterocycles. The number of rotatable bonds is 6. The molecule has 26 heavy (non-hydrogen) atoms. The Hall–Kier alpha value is -2.67. The molecule has 2 aromatic carbocycles. The lowest BCUT2D eigenvalue weighted by molar-refractivity contribution is -0.114. The summed E-state index contributed by atoms with van der Waals surface area (Å²) in [6, 6.07) is 11.7. The molecule has 0 aliphatic carbocycles. The Labute approximate surface area is 153 Å². The SMILES string of the molecule is CC(=O)c1cccc(N(CC(=O)Nc2ccc(C)c(C)c2)S(C)(=O)=O)c1. The molecule has 0 atom stereocenters. The fourth-order valence-corrected chi connectivity index (χ4v) is 3.28. The van der Waals surface area contributed by atoms with Gasteiger partial charge in [-0.15, -0.1) is 0 Å². The number of nitrogens with one attached hydrogen (secondary N) is 1. The van der Waals surface area contributed by atoms with Crippen LogP contribution in [0.15, 0.2) is 42.5 Å². The average Bonchev–Trinajstić information content (AvgIpc) is 2.55. The van der Waals surface area contributed by atoms with Crippen LogP contribution in [0, 0.1) is 13.8 Å². The van der Waals surface area contributed by atoms with Crippen molar-refractivity contribution >= 4 is 33.1 Å². The minimum Gasteiger partial charge on any atom is -0.325 e. The number of hydrogen-bond donors (Lipinski definition) is 1. The van der Waals surface area contributed by atoms with Crippen LogP contribution in [0.5, 0.6) is 0 Å². The van der Waals surface area contributed by atoms with Crippen LogP contribution in [-0.4, -0.2) is 32.9 Å². The molecule has 2 rings (SSSR count). The van der Waals surface area contributed by atoms with Gasteiger partial charge in [0.15, 0.2) is 5.78 Å². The largest absolute Gasteiger partial charge is 0.325 e. The fraction of sp³-hybridized carbons (Fsp3) is 0.263. The lowest BCUT2D eigenvalue weighted by Gasteiger charge is -2.22. The predicted molar refractivity (Wildman–Crippen MR) is 103 cm³/mol. The normalized spacial score (nSPS) is 11.1. The minimum atomic E-state index is -3.70. The predicted octanol–water partition coefficient (Wildman–Crippen LogP) is 2.91. The van der Waals surface area contributed by atoms with Gasteiger partial charge in [0, 0.05) is 11.3 Å². The van der Waals surface area contributed by atoms with Crippen LogP contribution < -0.4 is 9.62 Å². The van der Waals surface area contributed by atoms with E-state index in [0.29, 0.717) is 11.3 Å². The van der Waals surface area contributed by atoms with Gasteiger partial charge in [-0.25, -0.2) is 8.42 Å². The van der Waals surface area contributed by atoms with Gasteiger partial charge in [0.2, 0.25) is 15.9 Å². The molecule has 1 N–H and O–H groups in total. The van der Waals surface area contributed by atoms with Crippen LogP contribution in [0.4, 0.5) is 11.4 Å². The van der Waals surface area contributed by atoms with Gasteiger partial charge < -0.3 is 5.32 Å². The monoisotopic (exact) mass is 374 g/mol. The van der Waals surface area contributed by atoms with Crippen LogP contribution in [0.3, 0.4) is 0 Å². The molecule has 0 saturated heterocycles. The smallest absolute Gasteiger partial charge is 0.245 e. The van der Waals surface area contributed by atoms with Crippen molar-refractivity contribution in [3.05, 3.63) is 59.2 Å². The molecule has 7 heteroatoms. The summed E-state index contributed by atoms with van der Waals surface area (Å²) in [5.74, 6) is -0.646. The molecule has 0 unspecified atom stereocenters. The van der Waals surface area contributed by atoms with Crippen LogP contribution in [0.2, 0.25) is 0 Å². The number of anilines is 2. The van der Waals surface area contributed by atoms with E-state index in [1.54, 1.807) is 24.3 Å². The first-order valence-electron chi connectivity index (χ1n) is 8.04. The van der Waals surface area contributed by atoms with Gasteiger partial charge in [-0.3, -0.25) is 13.9 Å². The Bertz CT molecular complexity index is 952. The Balaban J connectivity index is 2.25. The zero-order valence-electron chi connectivity index (χ0n) is 15.2. The molecule has 138 valence electrons. The highest BCUT2D eigenvalue weighted by molar-refractivity contribution is 7.92. The third-order valence-corrected chi connectivity index (χ3v) is 5.16. The van der Waals surface area contributed by atoms with Crippen molar-refractivity contribution in [3.63, 3.8) is 0 Å². The molecule has 0 bridgehead atoms. The number of benzene rings is 2. The Kier molecular flexibility index (Phi) is 5.82. The van der Waals surface area contributed by atoms with Crippen molar-refractivity contribution in [1.29, 1.82) is 0 Å². The van der Waals surface area contributed by atoms with Crippen molar-refractivity contribution in [2.75, 3.05) is 22.4 Å². The van der Waals surface area contributed by atoms with Gasteiger partial charge in [-0.1, -0.05) is 18.2 Å². The highest BCUT2D eigenvalue weighted by atomic mass is 32.2. The number of carbonyl (C=O) groups is 2. The van der Waals surface area contributed by atoms with Crippen molar-refractivity contribution in [1.82, 2.24) is 0 Å². The Morgan fingerprint density at radius 1 is 1.04 bits per heavy atom. The van der Waals surface area contributed by atoms with Gasteiger partial charge in [-0.2, -0.15) is 0 Å². The summed E-state index contributed by atoms with van der Waals surface area (Å²) in [5.41, 5.74) is 3.38. The van der Waals surface area contributed by atoms with Crippen LogP contribution in [0.25, 0.3) is 0 Å². The van der Waals surface area contributed by atoms with E-state index in [9.17, 15) is 18.0 Å². The number of carbonyl (C=O) groups excluding carboxylic acids is 2. The number of Topliss-reactive ketones (excluding diaryl/α,β-unsaturated/α-hetero) is 1. The number of sulfonamides is 1. The van der Waals surface area contributed by atoms with Gasteiger partial charge in [0.1, 0.15) is 6.54 Å². The number of amides is 1. The lowest BCUT2D eigenvalue weighted by Crippen LogP contribution is -2.37. The molecule has 2 aromatic rings. The summed E-state index contributed by atoms with van der Waals surface area (Å²) in [6.45, 7) is 4.92.